The monoisotopic (exact) mass is 784 g/mol. The number of fused-ring (bicyclic) bond motifs is 2. The minimum atomic E-state index is -0.744. The summed E-state index contributed by atoms with van der Waals surface area (Å²) >= 11 is 0. The number of anilines is 1. The molecule has 1 aliphatic carbocycles. The van der Waals surface area contributed by atoms with Crippen LogP contribution in [0.5, 0.6) is 11.5 Å². The molecule has 0 spiro atoms. The van der Waals surface area contributed by atoms with E-state index in [1.807, 2.05) is 77.6 Å². The van der Waals surface area contributed by atoms with Gasteiger partial charge in [-0.2, -0.15) is 10.2 Å². The molecule has 0 unspecified atom stereocenters. The lowest BCUT2D eigenvalue weighted by Gasteiger charge is -2.19. The highest BCUT2D eigenvalue weighted by atomic mass is 16.7. The molecule has 1 atom stereocenters. The molecule has 0 bridgehead atoms. The number of ether oxygens (including phenoxy) is 4. The number of methoxy groups -OCH3 is 1. The number of amides is 1. The van der Waals surface area contributed by atoms with Crippen LogP contribution in [0.3, 0.4) is 0 Å². The molecule has 3 N–H and O–H groups in total. The van der Waals surface area contributed by atoms with Crippen molar-refractivity contribution in [3.8, 4) is 40.1 Å². The van der Waals surface area contributed by atoms with E-state index in [4.69, 9.17) is 34.6 Å². The predicted octanol–water partition coefficient (Wildman–Crippen LogP) is 6.96. The number of carbonyl (C=O) groups is 1. The Hall–Kier alpha value is -7.94. The highest BCUT2D eigenvalue weighted by Crippen LogP contribution is 2.38. The van der Waals surface area contributed by atoms with Crippen LogP contribution in [-0.2, 0) is 22.5 Å². The number of aromatic nitrogens is 8. The summed E-state index contributed by atoms with van der Waals surface area (Å²) in [6.07, 6.45) is 12.4. The van der Waals surface area contributed by atoms with Gasteiger partial charge < -0.3 is 30.0 Å². The lowest BCUT2D eigenvalue weighted by Crippen LogP contribution is -2.27. The number of carbonyl (C=O) groups excluding carboxylic acids is 1. The Morgan fingerprint density at radius 3 is 2.46 bits per heavy atom. The molecule has 59 heavy (non-hydrogen) atoms. The molecule has 8 aromatic rings. The first-order valence-corrected chi connectivity index (χ1v) is 18.9. The van der Waals surface area contributed by atoms with Gasteiger partial charge in [-0.25, -0.2) is 24.3 Å². The third-order valence-corrected chi connectivity index (χ3v) is 10.5. The first kappa shape index (κ1) is 35.5. The number of hydrogen-bond donors (Lipinski definition) is 2. The number of hydrogen-bond acceptors (Lipinski definition) is 11. The number of nitrogens with one attached hydrogen (secondary N) is 1. The van der Waals surface area contributed by atoms with Gasteiger partial charge in [0, 0.05) is 48.3 Å². The van der Waals surface area contributed by atoms with Gasteiger partial charge in [-0.05, 0) is 96.3 Å². The summed E-state index contributed by atoms with van der Waals surface area (Å²) in [6.45, 7) is 0.308. The van der Waals surface area contributed by atoms with Gasteiger partial charge in [0.1, 0.15) is 42.0 Å². The van der Waals surface area contributed by atoms with Crippen molar-refractivity contribution in [2.75, 3.05) is 12.8 Å². The number of pyridine rings is 2. The molecule has 0 saturated carbocycles. The van der Waals surface area contributed by atoms with Crippen LogP contribution in [0, 0.1) is 0 Å². The van der Waals surface area contributed by atoms with Gasteiger partial charge in [0.05, 0.1) is 30.0 Å². The van der Waals surface area contributed by atoms with Crippen LogP contribution < -0.4 is 20.5 Å². The fraction of sp³-hybridized carbons (Fsp3) is 0.136. The van der Waals surface area contributed by atoms with Gasteiger partial charge in [-0.1, -0.05) is 18.2 Å². The van der Waals surface area contributed by atoms with Gasteiger partial charge >= 0.3 is 0 Å². The van der Waals surface area contributed by atoms with Crippen molar-refractivity contribution in [3.63, 3.8) is 0 Å². The molecular formula is C44H36N10O5. The summed E-state index contributed by atoms with van der Waals surface area (Å²) < 4.78 is 28.3. The van der Waals surface area contributed by atoms with Crippen molar-refractivity contribution in [3.05, 3.63) is 162 Å². The Bertz CT molecular complexity index is 2840. The first-order valence-electron chi connectivity index (χ1n) is 18.9. The minimum Gasteiger partial charge on any atom is -0.497 e. The lowest BCUT2D eigenvalue weighted by atomic mass is 10.1. The molecule has 15 nitrogen and oxygen atoms in total. The van der Waals surface area contributed by atoms with Crippen LogP contribution in [0.15, 0.2) is 135 Å². The second kappa shape index (κ2) is 14.9. The number of benzene rings is 3. The number of aryl methyl sites for hydroxylation is 1. The quantitative estimate of drug-likeness (QED) is 0.139. The number of nitrogens with zero attached hydrogens (tertiary/aromatic N) is 8. The number of nitrogen functional groups attached to an aromatic ring is 1. The standard InChI is InChI=1S/C44H36N10O5/c1-56-31-11-6-27(7-12-31)26-59-37-15-9-29(24-34(37)44-57-21-22-58-44)43(55)49-35-14-8-28-23-30(10-13-32(28)35)54-41(33-5-2-16-46-40(33)45)51-39-36(52-19-3-17-47-52)25-38(50-42(39)54)53-20-4-18-48-53/h2-7,9-13,15-25,35,44H,8,14,26H2,1H3,(H2,45,46)(H,49,55)/t35-/m0/s1. The van der Waals surface area contributed by atoms with Crippen LogP contribution in [0.25, 0.3) is 39.7 Å². The fourth-order valence-electron chi connectivity index (χ4n) is 7.57. The van der Waals surface area contributed by atoms with Crippen LogP contribution in [0.2, 0.25) is 0 Å². The van der Waals surface area contributed by atoms with Gasteiger partial charge in [-0.15, -0.1) is 0 Å². The summed E-state index contributed by atoms with van der Waals surface area (Å²) in [5.41, 5.74) is 14.0. The van der Waals surface area contributed by atoms with Gasteiger partial charge in [0.25, 0.3) is 12.2 Å². The molecule has 5 aromatic heterocycles. The highest BCUT2D eigenvalue weighted by Gasteiger charge is 2.29. The summed E-state index contributed by atoms with van der Waals surface area (Å²) in [7, 11) is 1.63. The SMILES string of the molecule is COc1ccc(COc2ccc(C(=O)N[C@H]3CCc4cc(-n5c(-c6cccnc6N)nc6c(-n7cccn7)cc(-n7cccn7)nc65)ccc43)cc2C2OC=CO2)cc1. The zero-order valence-electron chi connectivity index (χ0n) is 31.7. The maximum atomic E-state index is 13.9. The van der Waals surface area contributed by atoms with Gasteiger partial charge in [-0.3, -0.25) is 9.36 Å². The molecule has 1 amide bonds. The maximum Gasteiger partial charge on any atom is 0.269 e. The molecule has 0 fully saturated rings. The molecule has 10 rings (SSSR count). The van der Waals surface area contributed by atoms with E-state index < -0.39 is 6.29 Å². The molecule has 1 aliphatic heterocycles. The van der Waals surface area contributed by atoms with E-state index in [1.165, 1.54) is 12.5 Å². The molecule has 0 saturated heterocycles. The molecular weight excluding hydrogens is 749 g/mol. The van der Waals surface area contributed by atoms with Crippen LogP contribution in [0.1, 0.15) is 51.4 Å². The number of imidazole rings is 1. The summed E-state index contributed by atoms with van der Waals surface area (Å²) in [6, 6.07) is 28.3. The van der Waals surface area contributed by atoms with E-state index in [2.05, 4.69) is 32.6 Å². The Morgan fingerprint density at radius 2 is 1.69 bits per heavy atom. The van der Waals surface area contributed by atoms with Crippen molar-refractivity contribution < 1.29 is 23.7 Å². The lowest BCUT2D eigenvalue weighted by molar-refractivity contribution is -0.0266. The van der Waals surface area contributed by atoms with Gasteiger partial charge in [0.15, 0.2) is 17.3 Å². The van der Waals surface area contributed by atoms with Crippen molar-refractivity contribution in [2.45, 2.75) is 31.8 Å². The highest BCUT2D eigenvalue weighted by molar-refractivity contribution is 5.95. The summed E-state index contributed by atoms with van der Waals surface area (Å²) in [5.74, 6) is 2.59. The average Bonchev–Trinajstić information content (AvgIpc) is 4.13. The average molecular weight is 785 g/mol. The van der Waals surface area contributed by atoms with Crippen molar-refractivity contribution >= 4 is 22.9 Å². The second-order valence-corrected chi connectivity index (χ2v) is 14.0. The fourth-order valence-corrected chi connectivity index (χ4v) is 7.57. The van der Waals surface area contributed by atoms with Crippen molar-refractivity contribution in [1.29, 1.82) is 0 Å². The zero-order valence-corrected chi connectivity index (χ0v) is 31.7. The molecule has 0 radical (unpaired) electrons. The van der Waals surface area contributed by atoms with E-state index in [9.17, 15) is 4.79 Å². The minimum absolute atomic E-state index is 0.217. The summed E-state index contributed by atoms with van der Waals surface area (Å²) in [5, 5.41) is 12.3. The third kappa shape index (κ3) is 6.63. The van der Waals surface area contributed by atoms with Crippen LogP contribution in [0.4, 0.5) is 5.82 Å². The predicted molar refractivity (Wildman–Crippen MR) is 217 cm³/mol. The Kier molecular flexibility index (Phi) is 8.93. The summed E-state index contributed by atoms with van der Waals surface area (Å²) in [4.78, 5) is 28.5. The smallest absolute Gasteiger partial charge is 0.269 e. The largest absolute Gasteiger partial charge is 0.497 e. The Balaban J connectivity index is 0.973. The van der Waals surface area contributed by atoms with Crippen molar-refractivity contribution in [2.24, 2.45) is 0 Å². The number of nitrogens with two attached hydrogens (primary N) is 1. The Labute approximate surface area is 337 Å². The number of rotatable bonds is 11. The first-order chi connectivity index (χ1) is 29.0. The molecule has 3 aromatic carbocycles. The zero-order chi connectivity index (χ0) is 39.9. The molecule has 2 aliphatic rings. The van der Waals surface area contributed by atoms with Gasteiger partial charge in [0.2, 0.25) is 0 Å². The molecule has 15 heteroatoms. The molecule has 292 valence electrons. The van der Waals surface area contributed by atoms with E-state index >= 15 is 0 Å². The Morgan fingerprint density at radius 1 is 0.881 bits per heavy atom. The topological polar surface area (TPSA) is 171 Å². The normalized spacial score (nSPS) is 14.6. The van der Waals surface area contributed by atoms with E-state index in [0.717, 1.165) is 46.7 Å². The molecule has 6 heterocycles. The second-order valence-electron chi connectivity index (χ2n) is 14.0. The van der Waals surface area contributed by atoms with Crippen LogP contribution >= 0.6 is 0 Å². The van der Waals surface area contributed by atoms with Crippen molar-refractivity contribution in [1.82, 2.24) is 44.4 Å². The maximum absolute atomic E-state index is 13.9. The van der Waals surface area contributed by atoms with E-state index in [1.54, 1.807) is 53.3 Å². The van der Waals surface area contributed by atoms with E-state index in [0.29, 0.717) is 57.7 Å². The van der Waals surface area contributed by atoms with Crippen LogP contribution in [-0.4, -0.2) is 52.1 Å². The third-order valence-electron chi connectivity index (χ3n) is 10.5. The van der Waals surface area contributed by atoms with E-state index in [-0.39, 0.29) is 11.9 Å².